The minimum atomic E-state index is -1.71. The third-order valence-electron chi connectivity index (χ3n) is 3.72. The Labute approximate surface area is 151 Å². The molecule has 0 atom stereocenters. The van der Waals surface area contributed by atoms with Crippen LogP contribution in [0.2, 0.25) is 0 Å². The van der Waals surface area contributed by atoms with E-state index in [1.54, 1.807) is 18.2 Å². The van der Waals surface area contributed by atoms with Crippen molar-refractivity contribution >= 4 is 17.4 Å². The molecule has 3 rings (SSSR count). The Hall–Kier alpha value is -3.42. The molecule has 0 saturated carbocycles. The van der Waals surface area contributed by atoms with Gasteiger partial charge in [-0.2, -0.15) is 0 Å². The lowest BCUT2D eigenvalue weighted by Crippen LogP contribution is -2.15. The van der Waals surface area contributed by atoms with E-state index in [4.69, 9.17) is 0 Å². The molecule has 3 aromatic rings. The highest BCUT2D eigenvalue weighted by Gasteiger charge is 2.18. The van der Waals surface area contributed by atoms with Crippen molar-refractivity contribution in [3.05, 3.63) is 89.1 Å². The number of hydrogen-bond donors (Lipinski definition) is 2. The van der Waals surface area contributed by atoms with Gasteiger partial charge in [-0.25, -0.2) is 22.5 Å². The van der Waals surface area contributed by atoms with Crippen LogP contribution in [0.5, 0.6) is 0 Å². The third kappa shape index (κ3) is 4.22. The summed E-state index contributed by atoms with van der Waals surface area (Å²) in [5.74, 6) is -5.52. The molecule has 0 fully saturated rings. The second kappa shape index (κ2) is 7.86. The molecule has 8 heteroatoms. The molecule has 0 bridgehead atoms. The molecule has 2 aromatic carbocycles. The molecule has 0 aliphatic rings. The van der Waals surface area contributed by atoms with Crippen LogP contribution >= 0.6 is 0 Å². The van der Waals surface area contributed by atoms with E-state index in [1.807, 2.05) is 0 Å². The van der Waals surface area contributed by atoms with E-state index in [1.165, 1.54) is 24.4 Å². The average molecular weight is 375 g/mol. The molecule has 0 aliphatic heterocycles. The Morgan fingerprint density at radius 3 is 2.37 bits per heavy atom. The number of benzene rings is 2. The van der Waals surface area contributed by atoms with Crippen molar-refractivity contribution in [3.8, 4) is 0 Å². The summed E-state index contributed by atoms with van der Waals surface area (Å²) < 4.78 is 53.3. The van der Waals surface area contributed by atoms with Gasteiger partial charge in [-0.1, -0.05) is 18.2 Å². The van der Waals surface area contributed by atoms with E-state index in [0.717, 1.165) is 6.07 Å². The molecule has 1 aromatic heterocycles. The molecule has 138 valence electrons. The molecular formula is C19H13F4N3O. The van der Waals surface area contributed by atoms with Crippen LogP contribution in [0.15, 0.2) is 54.7 Å². The Kier molecular flexibility index (Phi) is 5.35. The largest absolute Gasteiger partial charge is 0.366 e. The first-order chi connectivity index (χ1) is 13.0. The second-order valence-corrected chi connectivity index (χ2v) is 5.55. The smallest absolute Gasteiger partial charge is 0.258 e. The first-order valence-electron chi connectivity index (χ1n) is 7.84. The summed E-state index contributed by atoms with van der Waals surface area (Å²) in [6, 6.07) is 10.8. The Morgan fingerprint density at radius 1 is 0.889 bits per heavy atom. The zero-order valence-corrected chi connectivity index (χ0v) is 13.8. The molecule has 2 N–H and O–H groups in total. The summed E-state index contributed by atoms with van der Waals surface area (Å²) in [5.41, 5.74) is 0.0571. The molecule has 0 radical (unpaired) electrons. The van der Waals surface area contributed by atoms with Crippen LogP contribution < -0.4 is 10.6 Å². The number of carbonyl (C=O) groups is 1. The zero-order chi connectivity index (χ0) is 19.4. The fourth-order valence-electron chi connectivity index (χ4n) is 2.30. The Bertz CT molecular complexity index is 977. The van der Waals surface area contributed by atoms with Gasteiger partial charge in [-0.15, -0.1) is 0 Å². The molecule has 0 aliphatic carbocycles. The standard InChI is InChI=1S/C19H13F4N3O/c20-14-4-2-1-3-11(14)9-24-16-8-5-12(10-25-16)26-19(27)13-6-7-15(21)18(23)17(13)22/h1-8,10H,9H2,(H,24,25)(H,26,27). The number of amides is 1. The summed E-state index contributed by atoms with van der Waals surface area (Å²) in [4.78, 5) is 16.1. The van der Waals surface area contributed by atoms with Crippen LogP contribution in [0.25, 0.3) is 0 Å². The number of carbonyl (C=O) groups excluding carboxylic acids is 1. The average Bonchev–Trinajstić information content (AvgIpc) is 2.66. The maximum atomic E-state index is 13.6. The molecule has 0 spiro atoms. The van der Waals surface area contributed by atoms with E-state index in [0.29, 0.717) is 17.4 Å². The van der Waals surface area contributed by atoms with Gasteiger partial charge in [0.05, 0.1) is 17.4 Å². The first kappa shape index (κ1) is 18.4. The molecule has 1 amide bonds. The normalized spacial score (nSPS) is 10.5. The van der Waals surface area contributed by atoms with Crippen molar-refractivity contribution in [3.63, 3.8) is 0 Å². The zero-order valence-electron chi connectivity index (χ0n) is 13.8. The number of nitrogens with one attached hydrogen (secondary N) is 2. The van der Waals surface area contributed by atoms with Crippen LogP contribution in [0, 0.1) is 23.3 Å². The van der Waals surface area contributed by atoms with Crippen molar-refractivity contribution in [2.24, 2.45) is 0 Å². The van der Waals surface area contributed by atoms with Crippen molar-refractivity contribution in [2.45, 2.75) is 6.54 Å². The van der Waals surface area contributed by atoms with Gasteiger partial charge in [0.15, 0.2) is 17.5 Å². The quantitative estimate of drug-likeness (QED) is 0.510. The van der Waals surface area contributed by atoms with E-state index in [2.05, 4.69) is 15.6 Å². The number of halogens is 4. The lowest BCUT2D eigenvalue weighted by atomic mass is 10.2. The van der Waals surface area contributed by atoms with Gasteiger partial charge in [-0.3, -0.25) is 4.79 Å². The van der Waals surface area contributed by atoms with Gasteiger partial charge in [0.25, 0.3) is 5.91 Å². The van der Waals surface area contributed by atoms with E-state index in [9.17, 15) is 22.4 Å². The highest BCUT2D eigenvalue weighted by molar-refractivity contribution is 6.04. The van der Waals surface area contributed by atoms with Crippen LogP contribution in [0.1, 0.15) is 15.9 Å². The monoisotopic (exact) mass is 375 g/mol. The van der Waals surface area contributed by atoms with Crippen LogP contribution in [0.3, 0.4) is 0 Å². The molecular weight excluding hydrogens is 362 g/mol. The lowest BCUT2D eigenvalue weighted by molar-refractivity contribution is 0.102. The Morgan fingerprint density at radius 2 is 1.67 bits per heavy atom. The second-order valence-electron chi connectivity index (χ2n) is 5.55. The van der Waals surface area contributed by atoms with Gasteiger partial charge < -0.3 is 10.6 Å². The molecule has 0 saturated heterocycles. The lowest BCUT2D eigenvalue weighted by Gasteiger charge is -2.09. The SMILES string of the molecule is O=C(Nc1ccc(NCc2ccccc2F)nc1)c1ccc(F)c(F)c1F. The highest BCUT2D eigenvalue weighted by atomic mass is 19.2. The predicted molar refractivity (Wildman–Crippen MR) is 92.2 cm³/mol. The van der Waals surface area contributed by atoms with Crippen molar-refractivity contribution in [1.29, 1.82) is 0 Å². The first-order valence-corrected chi connectivity index (χ1v) is 7.84. The van der Waals surface area contributed by atoms with E-state index in [-0.39, 0.29) is 18.0 Å². The number of hydrogen-bond acceptors (Lipinski definition) is 3. The third-order valence-corrected chi connectivity index (χ3v) is 3.72. The summed E-state index contributed by atoms with van der Waals surface area (Å²) in [5, 5.41) is 5.26. The van der Waals surface area contributed by atoms with E-state index < -0.39 is 28.9 Å². The van der Waals surface area contributed by atoms with Gasteiger partial charge in [0, 0.05) is 12.1 Å². The maximum Gasteiger partial charge on any atom is 0.258 e. The topological polar surface area (TPSA) is 54.0 Å². The Balaban J connectivity index is 1.65. The summed E-state index contributed by atoms with van der Waals surface area (Å²) in [7, 11) is 0. The summed E-state index contributed by atoms with van der Waals surface area (Å²) in [6.07, 6.45) is 1.29. The van der Waals surface area contributed by atoms with Gasteiger partial charge in [0.2, 0.25) is 0 Å². The number of rotatable bonds is 5. The van der Waals surface area contributed by atoms with Gasteiger partial charge >= 0.3 is 0 Å². The van der Waals surface area contributed by atoms with Crippen LogP contribution in [-0.2, 0) is 6.54 Å². The highest BCUT2D eigenvalue weighted by Crippen LogP contribution is 2.18. The summed E-state index contributed by atoms with van der Waals surface area (Å²) in [6.45, 7) is 0.214. The minimum Gasteiger partial charge on any atom is -0.366 e. The minimum absolute atomic E-state index is 0.214. The number of pyridine rings is 1. The summed E-state index contributed by atoms with van der Waals surface area (Å²) >= 11 is 0. The fourth-order valence-corrected chi connectivity index (χ4v) is 2.30. The van der Waals surface area contributed by atoms with Crippen molar-refractivity contribution < 1.29 is 22.4 Å². The molecule has 27 heavy (non-hydrogen) atoms. The molecule has 4 nitrogen and oxygen atoms in total. The molecule has 0 unspecified atom stereocenters. The molecule has 1 heterocycles. The van der Waals surface area contributed by atoms with Crippen LogP contribution in [0.4, 0.5) is 29.1 Å². The number of aromatic nitrogens is 1. The fraction of sp³-hybridized carbons (Fsp3) is 0.0526. The van der Waals surface area contributed by atoms with Gasteiger partial charge in [-0.05, 0) is 30.3 Å². The van der Waals surface area contributed by atoms with Crippen LogP contribution in [-0.4, -0.2) is 10.9 Å². The number of anilines is 2. The van der Waals surface area contributed by atoms with Crippen molar-refractivity contribution in [2.75, 3.05) is 10.6 Å². The van der Waals surface area contributed by atoms with Crippen molar-refractivity contribution in [1.82, 2.24) is 4.98 Å². The predicted octanol–water partition coefficient (Wildman–Crippen LogP) is 4.50. The van der Waals surface area contributed by atoms with Gasteiger partial charge in [0.1, 0.15) is 11.6 Å². The number of nitrogens with zero attached hydrogens (tertiary/aromatic N) is 1. The van der Waals surface area contributed by atoms with E-state index >= 15 is 0 Å². The maximum absolute atomic E-state index is 13.6.